The van der Waals surface area contributed by atoms with Gasteiger partial charge in [-0.3, -0.25) is 9.71 Å². The number of hydrogen-bond acceptors (Lipinski definition) is 7. The van der Waals surface area contributed by atoms with E-state index in [2.05, 4.69) is 41.0 Å². The van der Waals surface area contributed by atoms with Gasteiger partial charge in [-0.25, -0.2) is 13.4 Å². The molecular weight excluding hydrogens is 480 g/mol. The fourth-order valence-electron chi connectivity index (χ4n) is 3.73. The van der Waals surface area contributed by atoms with Gasteiger partial charge in [0.25, 0.3) is 10.0 Å². The molecule has 4 rings (SSSR count). The lowest BCUT2D eigenvalue weighted by Crippen LogP contribution is -2.27. The second-order valence-electron chi connectivity index (χ2n) is 8.71. The van der Waals surface area contributed by atoms with Gasteiger partial charge in [-0.15, -0.1) is 0 Å². The number of hydrogen-bond donors (Lipinski definition) is 2. The summed E-state index contributed by atoms with van der Waals surface area (Å²) in [4.78, 5) is 9.68. The van der Waals surface area contributed by atoms with E-state index in [1.54, 1.807) is 37.5 Å². The minimum atomic E-state index is -3.91. The van der Waals surface area contributed by atoms with Crippen molar-refractivity contribution in [1.82, 2.24) is 9.97 Å². The normalized spacial score (nSPS) is 11.8. The monoisotopic (exact) mass is 508 g/mol. The highest BCUT2D eigenvalue weighted by Crippen LogP contribution is 2.38. The number of nitrogens with one attached hydrogen (secondary N) is 2. The van der Waals surface area contributed by atoms with Gasteiger partial charge in [0.2, 0.25) is 0 Å². The van der Waals surface area contributed by atoms with E-state index in [1.165, 1.54) is 18.4 Å². The molecule has 4 aromatic rings. The van der Waals surface area contributed by atoms with E-state index < -0.39 is 10.0 Å². The van der Waals surface area contributed by atoms with Crippen LogP contribution in [0.25, 0.3) is 10.4 Å². The number of anilines is 2. The van der Waals surface area contributed by atoms with Gasteiger partial charge < -0.3 is 10.1 Å². The number of sulfonamides is 1. The Morgan fingerprint density at radius 1 is 1.03 bits per heavy atom. The number of aromatic nitrogens is 2. The summed E-state index contributed by atoms with van der Waals surface area (Å²) >= 11 is 1.49. The lowest BCUT2D eigenvalue weighted by molar-refractivity contribution is 0.403. The number of methoxy groups -OCH3 is 1. The van der Waals surface area contributed by atoms with Crippen molar-refractivity contribution in [3.05, 3.63) is 83.8 Å². The highest BCUT2D eigenvalue weighted by Gasteiger charge is 2.25. The molecule has 2 N–H and O–H groups in total. The van der Waals surface area contributed by atoms with Crippen LogP contribution in [0.3, 0.4) is 0 Å². The maximum Gasteiger partial charge on any atom is 0.265 e. The minimum Gasteiger partial charge on any atom is -0.495 e. The predicted molar refractivity (Wildman–Crippen MR) is 142 cm³/mol. The van der Waals surface area contributed by atoms with Crippen molar-refractivity contribution in [2.75, 3.05) is 17.1 Å². The van der Waals surface area contributed by atoms with Crippen molar-refractivity contribution in [3.63, 3.8) is 0 Å². The van der Waals surface area contributed by atoms with Gasteiger partial charge in [-0.2, -0.15) is 0 Å². The molecule has 0 saturated carbocycles. The molecule has 182 valence electrons. The third-order valence-electron chi connectivity index (χ3n) is 5.69. The van der Waals surface area contributed by atoms with E-state index in [0.29, 0.717) is 5.69 Å². The Kier molecular flexibility index (Phi) is 6.82. The Balaban J connectivity index is 1.68. The van der Waals surface area contributed by atoms with Crippen LogP contribution in [0.4, 0.5) is 10.8 Å². The quantitative estimate of drug-likeness (QED) is 0.304. The Bertz CT molecular complexity index is 1450. The summed E-state index contributed by atoms with van der Waals surface area (Å²) in [6.45, 7) is 7.92. The Hall–Kier alpha value is -3.43. The summed E-state index contributed by atoms with van der Waals surface area (Å²) in [5, 5.41) is 4.28. The van der Waals surface area contributed by atoms with Crippen molar-refractivity contribution < 1.29 is 13.2 Å². The topological polar surface area (TPSA) is 93.2 Å². The van der Waals surface area contributed by atoms with Crippen molar-refractivity contribution in [2.45, 2.75) is 38.1 Å². The number of ether oxygens (including phenoxy) is 1. The second kappa shape index (κ2) is 9.67. The fourth-order valence-corrected chi connectivity index (χ4v) is 6.17. The molecule has 0 bridgehead atoms. The first-order valence-corrected chi connectivity index (χ1v) is 13.3. The average Bonchev–Trinajstić information content (AvgIpc) is 3.19. The van der Waals surface area contributed by atoms with E-state index in [9.17, 15) is 8.42 Å². The zero-order chi connectivity index (χ0) is 25.2. The molecule has 7 nitrogen and oxygen atoms in total. The summed E-state index contributed by atoms with van der Waals surface area (Å²) in [7, 11) is -2.46. The molecule has 0 spiro atoms. The molecule has 0 fully saturated rings. The van der Waals surface area contributed by atoms with Crippen LogP contribution in [0, 0.1) is 13.8 Å². The van der Waals surface area contributed by atoms with E-state index in [-0.39, 0.29) is 16.2 Å². The van der Waals surface area contributed by atoms with Crippen LogP contribution in [-0.2, 0) is 15.6 Å². The second-order valence-corrected chi connectivity index (χ2v) is 11.4. The molecule has 2 heterocycles. The summed E-state index contributed by atoms with van der Waals surface area (Å²) in [6.07, 6.45) is 3.16. The largest absolute Gasteiger partial charge is 0.495 e. The van der Waals surface area contributed by atoms with Crippen LogP contribution in [0.15, 0.2) is 71.9 Å². The van der Waals surface area contributed by atoms with Crippen molar-refractivity contribution >= 4 is 32.2 Å². The lowest BCUT2D eigenvalue weighted by Gasteiger charge is -2.26. The van der Waals surface area contributed by atoms with Crippen LogP contribution in [0.2, 0.25) is 0 Å². The average molecular weight is 509 g/mol. The summed E-state index contributed by atoms with van der Waals surface area (Å²) in [5.74, 6) is 0.263. The standard InChI is InChI=1S/C26H28N4O3S2/c1-17-16-27-14-13-21(17)30-35(31,32)23-15-19(11-12-22(23)33-5)24-18(2)28-25(34-24)29-26(3,4)20-9-7-6-8-10-20/h6-16H,1-5H3,(H,27,30)(H,28,29). The number of pyridine rings is 1. The smallest absolute Gasteiger partial charge is 0.265 e. The maximum atomic E-state index is 13.3. The molecule has 35 heavy (non-hydrogen) atoms. The molecule has 0 atom stereocenters. The first-order valence-electron chi connectivity index (χ1n) is 11.0. The number of nitrogens with zero attached hydrogens (tertiary/aromatic N) is 2. The van der Waals surface area contributed by atoms with E-state index in [1.807, 2.05) is 31.2 Å². The molecule has 0 unspecified atom stereocenters. The number of benzene rings is 2. The maximum absolute atomic E-state index is 13.3. The zero-order valence-electron chi connectivity index (χ0n) is 20.3. The minimum absolute atomic E-state index is 0.0561. The summed E-state index contributed by atoms with van der Waals surface area (Å²) < 4.78 is 34.7. The Morgan fingerprint density at radius 3 is 2.46 bits per heavy atom. The highest BCUT2D eigenvalue weighted by atomic mass is 32.2. The molecule has 0 aliphatic rings. The first kappa shape index (κ1) is 24.7. The van der Waals surface area contributed by atoms with Gasteiger partial charge in [0.05, 0.1) is 28.9 Å². The number of rotatable bonds is 8. The van der Waals surface area contributed by atoms with Crippen LogP contribution < -0.4 is 14.8 Å². The predicted octanol–water partition coefficient (Wildman–Crippen LogP) is 5.98. The summed E-state index contributed by atoms with van der Waals surface area (Å²) in [5.41, 5.74) is 3.57. The van der Waals surface area contributed by atoms with Gasteiger partial charge in [-0.1, -0.05) is 41.7 Å². The van der Waals surface area contributed by atoms with Crippen LogP contribution in [0.1, 0.15) is 30.7 Å². The first-order chi connectivity index (χ1) is 16.6. The highest BCUT2D eigenvalue weighted by molar-refractivity contribution is 7.92. The Labute approximate surface area is 210 Å². The summed E-state index contributed by atoms with van der Waals surface area (Å²) in [6, 6.07) is 16.9. The molecule has 0 aliphatic carbocycles. The van der Waals surface area contributed by atoms with E-state index in [0.717, 1.165) is 32.4 Å². The van der Waals surface area contributed by atoms with Crippen molar-refractivity contribution in [2.24, 2.45) is 0 Å². The molecule has 0 radical (unpaired) electrons. The van der Waals surface area contributed by atoms with Gasteiger partial charge in [0.15, 0.2) is 5.13 Å². The molecule has 2 aromatic carbocycles. The third kappa shape index (κ3) is 5.31. The Morgan fingerprint density at radius 2 is 1.77 bits per heavy atom. The van der Waals surface area contributed by atoms with Crippen LogP contribution in [-0.4, -0.2) is 25.5 Å². The van der Waals surface area contributed by atoms with Crippen LogP contribution in [0.5, 0.6) is 5.75 Å². The molecule has 9 heteroatoms. The SMILES string of the molecule is COc1ccc(-c2sc(NC(C)(C)c3ccccc3)nc2C)cc1S(=O)(=O)Nc1ccncc1C. The number of aryl methyl sites for hydroxylation is 2. The number of thiazole rings is 1. The van der Waals surface area contributed by atoms with Crippen molar-refractivity contribution in [3.8, 4) is 16.2 Å². The van der Waals surface area contributed by atoms with Gasteiger partial charge in [-0.05, 0) is 68.7 Å². The van der Waals surface area contributed by atoms with Gasteiger partial charge in [0.1, 0.15) is 10.6 Å². The molecule has 0 amide bonds. The van der Waals surface area contributed by atoms with Crippen molar-refractivity contribution in [1.29, 1.82) is 0 Å². The lowest BCUT2D eigenvalue weighted by atomic mass is 9.95. The van der Waals surface area contributed by atoms with Crippen LogP contribution >= 0.6 is 11.3 Å². The van der Waals surface area contributed by atoms with E-state index >= 15 is 0 Å². The molecule has 0 saturated heterocycles. The van der Waals surface area contributed by atoms with E-state index in [4.69, 9.17) is 9.72 Å². The zero-order valence-corrected chi connectivity index (χ0v) is 21.9. The molecule has 0 aliphatic heterocycles. The molecule has 2 aromatic heterocycles. The third-order valence-corrected chi connectivity index (χ3v) is 8.20. The van der Waals surface area contributed by atoms with Gasteiger partial charge in [0, 0.05) is 12.4 Å². The van der Waals surface area contributed by atoms with Gasteiger partial charge >= 0.3 is 0 Å². The fraction of sp³-hybridized carbons (Fsp3) is 0.231. The molecular formula is C26H28N4O3S2.